The smallest absolute Gasteiger partial charge is 0.411 e. The Bertz CT molecular complexity index is 2300. The third kappa shape index (κ3) is 6.57. The molecule has 7 rings (SSSR count). The zero-order valence-electron chi connectivity index (χ0n) is 28.3. The number of nitrogens with zero attached hydrogens (tertiary/aromatic N) is 2. The first kappa shape index (κ1) is 35.3. The van der Waals surface area contributed by atoms with E-state index in [0.717, 1.165) is 93.4 Å². The van der Waals surface area contributed by atoms with E-state index in [1.165, 1.54) is 7.11 Å². The van der Waals surface area contributed by atoms with Gasteiger partial charge in [-0.05, 0) is 78.7 Å². The van der Waals surface area contributed by atoms with Crippen molar-refractivity contribution in [2.75, 3.05) is 7.11 Å². The maximum atomic E-state index is 14.6. The number of fused-ring (bicyclic) bond motifs is 2. The molecule has 0 amide bonds. The highest BCUT2D eigenvalue weighted by molar-refractivity contribution is 6.22. The molecule has 0 N–H and O–H groups in total. The van der Waals surface area contributed by atoms with E-state index >= 15 is 0 Å². The molecule has 6 aromatic carbocycles. The van der Waals surface area contributed by atoms with E-state index < -0.39 is 28.9 Å². The molecule has 0 atom stereocenters. The van der Waals surface area contributed by atoms with Gasteiger partial charge in [-0.1, -0.05) is 90.5 Å². The Balaban J connectivity index is 1.21. The molecule has 1 aliphatic heterocycles. The van der Waals surface area contributed by atoms with Crippen molar-refractivity contribution in [3.63, 3.8) is 0 Å². The minimum Gasteiger partial charge on any atom is -0.497 e. The van der Waals surface area contributed by atoms with Crippen LogP contribution in [0.15, 0.2) is 156 Å². The number of methoxy groups -OCH3 is 1. The lowest BCUT2D eigenvalue weighted by Crippen LogP contribution is -2.54. The number of halogens is 6. The Morgan fingerprint density at radius 3 is 1.25 bits per heavy atom. The summed E-state index contributed by atoms with van der Waals surface area (Å²) in [5.74, 6) is 0.488. The van der Waals surface area contributed by atoms with Gasteiger partial charge in [0.15, 0.2) is 0 Å². The summed E-state index contributed by atoms with van der Waals surface area (Å²) in [6, 6.07) is 37.9. The standard InChI is InChI=1S/C43H30F6N2O2/c1-27-11-13-28(14-12-27)39-35-7-3-5-9-37(35)51-40(36-8-4-6-10-38(36)50-39)29-15-21-33(22-16-29)53-34-25-19-31(20-26-34)41(42(44,45)46,43(47,48)49)30-17-23-32(52-2)24-18-30/h3-26H,1-2H3/b39-35?,40-36?,50-38?,50-39-,51-37?,51-40-. The number of benzene rings is 6. The van der Waals surface area contributed by atoms with Gasteiger partial charge in [0.2, 0.25) is 5.41 Å². The number of para-hydroxylation sites is 2. The van der Waals surface area contributed by atoms with Gasteiger partial charge in [0.05, 0.1) is 29.9 Å². The number of hydrogen-bond acceptors (Lipinski definition) is 4. The molecule has 0 aromatic heterocycles. The monoisotopic (exact) mass is 720 g/mol. The fraction of sp³-hybridized carbons (Fsp3) is 0.116. The van der Waals surface area contributed by atoms with E-state index in [4.69, 9.17) is 19.5 Å². The first-order chi connectivity index (χ1) is 25.4. The van der Waals surface area contributed by atoms with Crippen molar-refractivity contribution in [3.05, 3.63) is 185 Å². The third-order valence-corrected chi connectivity index (χ3v) is 9.13. The summed E-state index contributed by atoms with van der Waals surface area (Å²) in [5.41, 5.74) is 1.10. The lowest BCUT2D eigenvalue weighted by atomic mass is 9.73. The van der Waals surface area contributed by atoms with Crippen LogP contribution in [-0.2, 0) is 5.41 Å². The summed E-state index contributed by atoms with van der Waals surface area (Å²) in [4.78, 5) is 10.3. The second kappa shape index (κ2) is 13.8. The van der Waals surface area contributed by atoms with E-state index in [-0.39, 0.29) is 11.5 Å². The maximum Gasteiger partial charge on any atom is 0.411 e. The van der Waals surface area contributed by atoms with Crippen molar-refractivity contribution < 1.29 is 35.8 Å². The number of ether oxygens (including phenoxy) is 2. The first-order valence-corrected chi connectivity index (χ1v) is 16.5. The Hall–Kier alpha value is -6.16. The predicted molar refractivity (Wildman–Crippen MR) is 194 cm³/mol. The van der Waals surface area contributed by atoms with Gasteiger partial charge in [-0.15, -0.1) is 0 Å². The Labute approximate surface area is 301 Å². The van der Waals surface area contributed by atoms with Crippen molar-refractivity contribution in [2.24, 2.45) is 9.98 Å². The molecule has 0 saturated heterocycles. The van der Waals surface area contributed by atoms with Gasteiger partial charge < -0.3 is 9.47 Å². The van der Waals surface area contributed by atoms with Gasteiger partial charge in [0.25, 0.3) is 0 Å². The van der Waals surface area contributed by atoms with Gasteiger partial charge in [0.1, 0.15) is 17.2 Å². The van der Waals surface area contributed by atoms with E-state index in [1.54, 1.807) is 24.3 Å². The summed E-state index contributed by atoms with van der Waals surface area (Å²) in [6.45, 7) is 2.03. The Morgan fingerprint density at radius 2 is 0.830 bits per heavy atom. The summed E-state index contributed by atoms with van der Waals surface area (Å²) in [7, 11) is 1.27. The van der Waals surface area contributed by atoms with Crippen molar-refractivity contribution >= 4 is 22.8 Å². The average Bonchev–Trinajstić information content (AvgIpc) is 3.13. The van der Waals surface area contributed by atoms with E-state index in [1.807, 2.05) is 79.7 Å². The second-order valence-corrected chi connectivity index (χ2v) is 12.4. The highest BCUT2D eigenvalue weighted by Crippen LogP contribution is 2.56. The number of alkyl halides is 6. The molecule has 1 heterocycles. The fourth-order valence-corrected chi connectivity index (χ4v) is 6.47. The van der Waals surface area contributed by atoms with Gasteiger partial charge in [0, 0.05) is 22.3 Å². The zero-order chi connectivity index (χ0) is 37.4. The minimum absolute atomic E-state index is 0.0509. The third-order valence-electron chi connectivity index (χ3n) is 9.13. The van der Waals surface area contributed by atoms with E-state index in [2.05, 4.69) is 0 Å². The van der Waals surface area contributed by atoms with Crippen molar-refractivity contribution in [2.45, 2.75) is 24.7 Å². The van der Waals surface area contributed by atoms with Crippen LogP contribution in [-0.4, -0.2) is 30.9 Å². The van der Waals surface area contributed by atoms with Gasteiger partial charge >= 0.3 is 12.4 Å². The summed E-state index contributed by atoms with van der Waals surface area (Å²) < 4.78 is 98.4. The first-order valence-electron chi connectivity index (χ1n) is 16.5. The lowest BCUT2D eigenvalue weighted by molar-refractivity contribution is -0.288. The molecule has 4 nitrogen and oxygen atoms in total. The number of hydrogen-bond donors (Lipinski definition) is 0. The molecule has 53 heavy (non-hydrogen) atoms. The SMILES string of the molecule is COc1ccc(C(c2ccc(Oc3ccc(/C4=N/c5ccccc5/C(c5ccc(C)cc5)=N\c5ccccc54)cc3)cc2)(C(F)(F)F)C(F)(F)F)cc1. The van der Waals surface area contributed by atoms with Crippen LogP contribution in [0.3, 0.4) is 0 Å². The zero-order valence-corrected chi connectivity index (χ0v) is 28.3. The van der Waals surface area contributed by atoms with Gasteiger partial charge in [-0.25, -0.2) is 9.98 Å². The van der Waals surface area contributed by atoms with Crippen molar-refractivity contribution in [3.8, 4) is 17.2 Å². The number of aliphatic imine (C=N–C) groups is 2. The maximum absolute atomic E-state index is 14.6. The largest absolute Gasteiger partial charge is 0.497 e. The Kier molecular flexibility index (Phi) is 9.15. The molecule has 0 saturated carbocycles. The van der Waals surface area contributed by atoms with Crippen LogP contribution in [0.5, 0.6) is 17.2 Å². The van der Waals surface area contributed by atoms with Crippen LogP contribution in [0.2, 0.25) is 0 Å². The number of aryl methyl sites for hydroxylation is 1. The molecule has 0 bridgehead atoms. The molecular formula is C43H30F6N2O2. The van der Waals surface area contributed by atoms with Gasteiger partial charge in [-0.2, -0.15) is 26.3 Å². The summed E-state index contributed by atoms with van der Waals surface area (Å²) in [5, 5.41) is 0. The molecule has 0 fully saturated rings. The van der Waals surface area contributed by atoms with Crippen LogP contribution in [0, 0.1) is 6.92 Å². The molecule has 10 heteroatoms. The second-order valence-electron chi connectivity index (χ2n) is 12.4. The number of rotatable bonds is 7. The summed E-state index contributed by atoms with van der Waals surface area (Å²) >= 11 is 0. The molecule has 6 aromatic rings. The van der Waals surface area contributed by atoms with Crippen LogP contribution in [0.4, 0.5) is 37.7 Å². The minimum atomic E-state index is -5.72. The van der Waals surface area contributed by atoms with Crippen LogP contribution < -0.4 is 9.47 Å². The quantitative estimate of drug-likeness (QED) is 0.154. The highest BCUT2D eigenvalue weighted by Gasteiger charge is 2.72. The topological polar surface area (TPSA) is 43.2 Å². The van der Waals surface area contributed by atoms with Crippen molar-refractivity contribution in [1.29, 1.82) is 0 Å². The lowest BCUT2D eigenvalue weighted by Gasteiger charge is -2.38. The average molecular weight is 721 g/mol. The highest BCUT2D eigenvalue weighted by atomic mass is 19.4. The molecule has 0 unspecified atom stereocenters. The van der Waals surface area contributed by atoms with Gasteiger partial charge in [-0.3, -0.25) is 0 Å². The molecule has 0 aliphatic carbocycles. The predicted octanol–water partition coefficient (Wildman–Crippen LogP) is 11.9. The normalized spacial score (nSPS) is 15.1. The van der Waals surface area contributed by atoms with Crippen molar-refractivity contribution in [1.82, 2.24) is 0 Å². The molecule has 1 aliphatic rings. The molecule has 0 radical (unpaired) electrons. The van der Waals surface area contributed by atoms with Crippen LogP contribution in [0.25, 0.3) is 0 Å². The van der Waals surface area contributed by atoms with Crippen LogP contribution >= 0.6 is 0 Å². The fourth-order valence-electron chi connectivity index (χ4n) is 6.47. The van der Waals surface area contributed by atoms with Crippen LogP contribution in [0.1, 0.15) is 38.9 Å². The summed E-state index contributed by atoms with van der Waals surface area (Å²) in [6.07, 6.45) is -11.4. The molecule has 266 valence electrons. The van der Waals surface area contributed by atoms with E-state index in [9.17, 15) is 26.3 Å². The molecular weight excluding hydrogens is 690 g/mol. The Morgan fingerprint density at radius 1 is 0.453 bits per heavy atom. The molecule has 0 spiro atoms. The van der Waals surface area contributed by atoms with E-state index in [0.29, 0.717) is 11.5 Å².